The van der Waals surface area contributed by atoms with Crippen LogP contribution < -0.4 is 5.32 Å². The average Bonchev–Trinajstić information content (AvgIpc) is 2.87. The molecule has 1 aromatic rings. The van der Waals surface area contributed by atoms with Crippen LogP contribution in [-0.4, -0.2) is 34.4 Å². The average molecular weight is 264 g/mol. The number of hydrogen-bond donors (Lipinski definition) is 1. The van der Waals surface area contributed by atoms with Gasteiger partial charge in [-0.1, -0.05) is 26.0 Å². The summed E-state index contributed by atoms with van der Waals surface area (Å²) in [6.07, 6.45) is 4.25. The zero-order valence-electron chi connectivity index (χ0n) is 12.5. The van der Waals surface area contributed by atoms with Gasteiger partial charge in [0.25, 0.3) is 0 Å². The molecule has 1 fully saturated rings. The maximum Gasteiger partial charge on any atom is 0.154 e. The summed E-state index contributed by atoms with van der Waals surface area (Å²) in [6.45, 7) is 8.71. The van der Waals surface area contributed by atoms with Crippen molar-refractivity contribution in [2.75, 3.05) is 13.6 Å². The maximum atomic E-state index is 11.9. The molecule has 0 spiro atoms. The van der Waals surface area contributed by atoms with Crippen molar-refractivity contribution in [3.63, 3.8) is 0 Å². The Labute approximate surface area is 114 Å². The quantitative estimate of drug-likeness (QED) is 0.879. The van der Waals surface area contributed by atoms with E-state index in [-0.39, 0.29) is 22.7 Å². The van der Waals surface area contributed by atoms with Crippen LogP contribution in [0, 0.1) is 5.41 Å². The fourth-order valence-corrected chi connectivity index (χ4v) is 2.85. The van der Waals surface area contributed by atoms with Crippen LogP contribution in [0.1, 0.15) is 52.3 Å². The van der Waals surface area contributed by atoms with Gasteiger partial charge < -0.3 is 5.32 Å². The summed E-state index contributed by atoms with van der Waals surface area (Å²) in [7, 11) is 1.96. The normalized spacial score (nSPS) is 19.2. The summed E-state index contributed by atoms with van der Waals surface area (Å²) in [5.74, 6) is 0.127. The summed E-state index contributed by atoms with van der Waals surface area (Å²) in [4.78, 5) is 11.9. The number of hydrogen-bond acceptors (Lipinski definition) is 4. The van der Waals surface area contributed by atoms with Crippen molar-refractivity contribution < 1.29 is 4.79 Å². The predicted molar refractivity (Wildman–Crippen MR) is 74.0 cm³/mol. The SMILES string of the molecule is CNCC1(c2cn([C@H](C(C)=O)C(C)(C)C)nn2)CC1. The second-order valence-corrected chi connectivity index (χ2v) is 6.77. The smallest absolute Gasteiger partial charge is 0.154 e. The van der Waals surface area contributed by atoms with Crippen LogP contribution >= 0.6 is 0 Å². The topological polar surface area (TPSA) is 59.8 Å². The molecule has 1 aliphatic rings. The first-order chi connectivity index (χ1) is 8.80. The van der Waals surface area contributed by atoms with E-state index >= 15 is 0 Å². The Morgan fingerprint density at radius 1 is 1.53 bits per heavy atom. The Hall–Kier alpha value is -1.23. The van der Waals surface area contributed by atoms with Gasteiger partial charge in [-0.25, -0.2) is 4.68 Å². The number of nitrogens with one attached hydrogen (secondary N) is 1. The number of Topliss-reactive ketones (excluding diaryl/α,β-unsaturated/α-hetero) is 1. The van der Waals surface area contributed by atoms with Crippen LogP contribution in [0.3, 0.4) is 0 Å². The summed E-state index contributed by atoms with van der Waals surface area (Å²) in [6, 6.07) is -0.251. The lowest BCUT2D eigenvalue weighted by Crippen LogP contribution is -2.30. The molecule has 1 aliphatic carbocycles. The van der Waals surface area contributed by atoms with E-state index in [2.05, 4.69) is 36.4 Å². The van der Waals surface area contributed by atoms with Gasteiger partial charge >= 0.3 is 0 Å². The van der Waals surface area contributed by atoms with E-state index < -0.39 is 0 Å². The maximum absolute atomic E-state index is 11.9. The number of nitrogens with zero attached hydrogens (tertiary/aromatic N) is 3. The number of ketones is 1. The van der Waals surface area contributed by atoms with Crippen molar-refractivity contribution in [3.8, 4) is 0 Å². The highest BCUT2D eigenvalue weighted by atomic mass is 16.1. The highest BCUT2D eigenvalue weighted by Crippen LogP contribution is 2.47. The van der Waals surface area contributed by atoms with Crippen LogP contribution in [0.4, 0.5) is 0 Å². The van der Waals surface area contributed by atoms with E-state index in [0.29, 0.717) is 0 Å². The highest BCUT2D eigenvalue weighted by Gasteiger charge is 2.46. The number of aromatic nitrogens is 3. The molecule has 5 nitrogen and oxygen atoms in total. The molecule has 1 aromatic heterocycles. The van der Waals surface area contributed by atoms with Gasteiger partial charge in [-0.2, -0.15) is 0 Å². The third-order valence-electron chi connectivity index (χ3n) is 3.89. The molecule has 0 saturated heterocycles. The molecule has 1 saturated carbocycles. The number of rotatable bonds is 5. The van der Waals surface area contributed by atoms with E-state index in [1.165, 1.54) is 0 Å². The minimum Gasteiger partial charge on any atom is -0.319 e. The van der Waals surface area contributed by atoms with E-state index in [1.54, 1.807) is 11.6 Å². The Bertz CT molecular complexity index is 468. The van der Waals surface area contributed by atoms with Crippen LogP contribution in [0.25, 0.3) is 0 Å². The van der Waals surface area contributed by atoms with Crippen molar-refractivity contribution in [2.24, 2.45) is 5.41 Å². The van der Waals surface area contributed by atoms with Gasteiger partial charge in [0, 0.05) is 18.2 Å². The van der Waals surface area contributed by atoms with Gasteiger partial charge in [0.1, 0.15) is 6.04 Å². The molecule has 0 bridgehead atoms. The van der Waals surface area contributed by atoms with Gasteiger partial charge in [0.2, 0.25) is 0 Å². The van der Waals surface area contributed by atoms with E-state index in [1.807, 2.05) is 13.2 Å². The van der Waals surface area contributed by atoms with Gasteiger partial charge in [0.05, 0.1) is 5.69 Å². The molecule has 0 radical (unpaired) electrons. The lowest BCUT2D eigenvalue weighted by Gasteiger charge is -2.28. The van der Waals surface area contributed by atoms with Crippen molar-refractivity contribution in [1.82, 2.24) is 20.3 Å². The van der Waals surface area contributed by atoms with Crippen molar-refractivity contribution in [1.29, 1.82) is 0 Å². The zero-order valence-corrected chi connectivity index (χ0v) is 12.5. The first-order valence-electron chi connectivity index (χ1n) is 6.87. The monoisotopic (exact) mass is 264 g/mol. The van der Waals surface area contributed by atoms with E-state index in [9.17, 15) is 4.79 Å². The minimum absolute atomic E-state index is 0.127. The lowest BCUT2D eigenvalue weighted by molar-refractivity contribution is -0.123. The fourth-order valence-electron chi connectivity index (χ4n) is 2.85. The van der Waals surface area contributed by atoms with Gasteiger partial charge in [-0.05, 0) is 32.2 Å². The fraction of sp³-hybridized carbons (Fsp3) is 0.786. The number of likely N-dealkylation sites (N-methyl/N-ethyl adjacent to an activating group) is 1. The van der Waals surface area contributed by atoms with E-state index in [4.69, 9.17) is 0 Å². The molecule has 19 heavy (non-hydrogen) atoms. The Morgan fingerprint density at radius 2 is 2.16 bits per heavy atom. The molecule has 1 heterocycles. The summed E-state index contributed by atoms with van der Waals surface area (Å²) in [5.41, 5.74) is 1.00. The molecule has 0 aromatic carbocycles. The Morgan fingerprint density at radius 3 is 2.58 bits per heavy atom. The highest BCUT2D eigenvalue weighted by molar-refractivity contribution is 5.80. The molecule has 0 aliphatic heterocycles. The van der Waals surface area contributed by atoms with Crippen LogP contribution in [0.15, 0.2) is 6.20 Å². The molecule has 1 atom stereocenters. The zero-order chi connectivity index (χ0) is 14.3. The summed E-state index contributed by atoms with van der Waals surface area (Å²) < 4.78 is 1.74. The lowest BCUT2D eigenvalue weighted by atomic mass is 9.84. The molecule has 1 N–H and O–H groups in total. The van der Waals surface area contributed by atoms with Gasteiger partial charge in [-0.15, -0.1) is 5.10 Å². The summed E-state index contributed by atoms with van der Waals surface area (Å²) >= 11 is 0. The number of carbonyl (C=O) groups excluding carboxylic acids is 1. The third-order valence-corrected chi connectivity index (χ3v) is 3.89. The largest absolute Gasteiger partial charge is 0.319 e. The first-order valence-corrected chi connectivity index (χ1v) is 6.87. The van der Waals surface area contributed by atoms with Crippen molar-refractivity contribution in [2.45, 2.75) is 52.0 Å². The first kappa shape index (κ1) is 14.2. The van der Waals surface area contributed by atoms with Crippen LogP contribution in [-0.2, 0) is 10.2 Å². The minimum atomic E-state index is -0.251. The molecule has 0 amide bonds. The molecule has 106 valence electrons. The summed E-state index contributed by atoms with van der Waals surface area (Å²) in [5, 5.41) is 11.7. The van der Waals surface area contributed by atoms with Crippen LogP contribution in [0.2, 0.25) is 0 Å². The van der Waals surface area contributed by atoms with E-state index in [0.717, 1.165) is 25.1 Å². The standard InChI is InChI=1S/C14H24N4O/c1-10(19)12(13(2,3)4)18-8-11(16-17-18)14(6-7-14)9-15-5/h8,12,15H,6-7,9H2,1-5H3/t12-/m1/s1. The molecular weight excluding hydrogens is 240 g/mol. The van der Waals surface area contributed by atoms with Gasteiger partial charge in [0.15, 0.2) is 5.78 Å². The van der Waals surface area contributed by atoms with Gasteiger partial charge in [-0.3, -0.25) is 4.79 Å². The predicted octanol–water partition coefficient (Wildman–Crippen LogP) is 1.71. The molecule has 2 rings (SSSR count). The Kier molecular flexibility index (Phi) is 3.51. The van der Waals surface area contributed by atoms with Crippen molar-refractivity contribution >= 4 is 5.78 Å². The third kappa shape index (κ3) is 2.71. The van der Waals surface area contributed by atoms with Crippen molar-refractivity contribution in [3.05, 3.63) is 11.9 Å². The molecule has 0 unspecified atom stereocenters. The second-order valence-electron chi connectivity index (χ2n) is 6.77. The Balaban J connectivity index is 2.27. The number of carbonyl (C=O) groups is 1. The van der Waals surface area contributed by atoms with Crippen LogP contribution in [0.5, 0.6) is 0 Å². The molecular formula is C14H24N4O. The second kappa shape index (κ2) is 4.71. The molecule has 5 heteroatoms.